The molecule has 1 aliphatic rings. The summed E-state index contributed by atoms with van der Waals surface area (Å²) in [5, 5.41) is 9.63. The third kappa shape index (κ3) is 11.4. The molecule has 1 rings (SSSR count). The molecule has 1 heterocycles. The molecule has 1 aliphatic heterocycles. The van der Waals surface area contributed by atoms with Crippen LogP contribution < -0.4 is 0 Å². The molecule has 3 heteroatoms. The second kappa shape index (κ2) is 14.5. The zero-order chi connectivity index (χ0) is 15.9. The van der Waals surface area contributed by atoms with Crippen molar-refractivity contribution in [1.82, 2.24) is 0 Å². The summed E-state index contributed by atoms with van der Waals surface area (Å²) >= 11 is 0. The van der Waals surface area contributed by atoms with Crippen LogP contribution in [0.4, 0.5) is 0 Å². The Morgan fingerprint density at radius 3 is 2.36 bits per heavy atom. The van der Waals surface area contributed by atoms with Gasteiger partial charge in [-0.3, -0.25) is 0 Å². The minimum Gasteiger partial charge on any atom is -0.391 e. The molecule has 0 aromatic rings. The van der Waals surface area contributed by atoms with Crippen LogP contribution in [0.1, 0.15) is 90.4 Å². The average molecular weight is 315 g/mol. The van der Waals surface area contributed by atoms with Gasteiger partial charge in [0.25, 0.3) is 0 Å². The molecule has 3 nitrogen and oxygen atoms in total. The van der Waals surface area contributed by atoms with Crippen molar-refractivity contribution in [2.45, 2.75) is 103 Å². The summed E-state index contributed by atoms with van der Waals surface area (Å²) in [7, 11) is 0. The molecule has 0 bridgehead atoms. The first kappa shape index (κ1) is 19.9. The second-order valence-corrected chi connectivity index (χ2v) is 6.77. The fraction of sp³-hybridized carbons (Fsp3) is 1.00. The number of unbranched alkanes of at least 4 members (excludes halogenated alkanes) is 7. The van der Waals surface area contributed by atoms with Crippen molar-refractivity contribution >= 4 is 0 Å². The van der Waals surface area contributed by atoms with Gasteiger partial charge < -0.3 is 14.6 Å². The van der Waals surface area contributed by atoms with Crippen molar-refractivity contribution in [3.8, 4) is 0 Å². The van der Waals surface area contributed by atoms with Crippen LogP contribution in [-0.4, -0.2) is 37.1 Å². The molecular weight excluding hydrogens is 276 g/mol. The van der Waals surface area contributed by atoms with Gasteiger partial charge in [0, 0.05) is 13.2 Å². The number of hydrogen-bond acceptors (Lipinski definition) is 3. The Morgan fingerprint density at radius 2 is 1.59 bits per heavy atom. The van der Waals surface area contributed by atoms with Gasteiger partial charge in [-0.05, 0) is 25.7 Å². The lowest BCUT2D eigenvalue weighted by molar-refractivity contribution is -0.0149. The van der Waals surface area contributed by atoms with Crippen molar-refractivity contribution in [1.29, 1.82) is 0 Å². The van der Waals surface area contributed by atoms with E-state index in [0.29, 0.717) is 12.7 Å². The van der Waals surface area contributed by atoms with E-state index in [9.17, 15) is 5.11 Å². The van der Waals surface area contributed by atoms with Crippen molar-refractivity contribution < 1.29 is 14.6 Å². The quantitative estimate of drug-likeness (QED) is 0.586. The van der Waals surface area contributed by atoms with Gasteiger partial charge in [0.2, 0.25) is 0 Å². The van der Waals surface area contributed by atoms with Gasteiger partial charge in [-0.25, -0.2) is 0 Å². The minimum atomic E-state index is -0.269. The van der Waals surface area contributed by atoms with Crippen LogP contribution in [0.5, 0.6) is 0 Å². The van der Waals surface area contributed by atoms with Crippen LogP contribution in [-0.2, 0) is 9.47 Å². The van der Waals surface area contributed by atoms with E-state index in [2.05, 4.69) is 6.92 Å². The Bertz CT molecular complexity index is 221. The molecule has 0 aliphatic carbocycles. The zero-order valence-electron chi connectivity index (χ0n) is 14.7. The van der Waals surface area contributed by atoms with Crippen LogP contribution in [0.25, 0.3) is 0 Å². The van der Waals surface area contributed by atoms with E-state index in [1.165, 1.54) is 57.8 Å². The molecule has 0 aromatic heterocycles. The van der Waals surface area contributed by atoms with Crippen LogP contribution >= 0.6 is 0 Å². The van der Waals surface area contributed by atoms with E-state index in [1.54, 1.807) is 0 Å². The monoisotopic (exact) mass is 314 g/mol. The zero-order valence-corrected chi connectivity index (χ0v) is 14.7. The first-order valence-electron chi connectivity index (χ1n) is 9.70. The Balaban J connectivity index is 1.96. The van der Waals surface area contributed by atoms with E-state index >= 15 is 0 Å². The summed E-state index contributed by atoms with van der Waals surface area (Å²) < 4.78 is 11.6. The summed E-state index contributed by atoms with van der Waals surface area (Å²) in [4.78, 5) is 0. The molecule has 2 unspecified atom stereocenters. The van der Waals surface area contributed by atoms with Crippen LogP contribution in [0.2, 0.25) is 0 Å². The molecule has 22 heavy (non-hydrogen) atoms. The maximum absolute atomic E-state index is 9.63. The second-order valence-electron chi connectivity index (χ2n) is 6.77. The highest BCUT2D eigenvalue weighted by Gasteiger charge is 2.13. The summed E-state index contributed by atoms with van der Waals surface area (Å²) in [5.41, 5.74) is 0. The largest absolute Gasteiger partial charge is 0.391 e. The molecule has 1 fully saturated rings. The molecule has 0 spiro atoms. The third-order valence-electron chi connectivity index (χ3n) is 4.56. The summed E-state index contributed by atoms with van der Waals surface area (Å²) in [6.07, 6.45) is 16.1. The topological polar surface area (TPSA) is 38.7 Å². The average Bonchev–Trinajstić information content (AvgIpc) is 2.53. The molecule has 0 aromatic carbocycles. The maximum Gasteiger partial charge on any atom is 0.0773 e. The van der Waals surface area contributed by atoms with Gasteiger partial charge in [0.1, 0.15) is 0 Å². The Kier molecular flexibility index (Phi) is 13.1. The van der Waals surface area contributed by atoms with Gasteiger partial charge in [-0.1, -0.05) is 64.7 Å². The number of aliphatic hydroxyl groups is 1. The van der Waals surface area contributed by atoms with Crippen molar-refractivity contribution in [2.75, 3.05) is 19.8 Å². The van der Waals surface area contributed by atoms with Crippen molar-refractivity contribution in [2.24, 2.45) is 0 Å². The number of hydrogen-bond donors (Lipinski definition) is 1. The number of aliphatic hydroxyl groups excluding tert-OH is 1. The molecule has 1 saturated heterocycles. The van der Waals surface area contributed by atoms with E-state index in [-0.39, 0.29) is 6.10 Å². The molecular formula is C19H38O3. The maximum atomic E-state index is 9.63. The van der Waals surface area contributed by atoms with Crippen LogP contribution in [0.3, 0.4) is 0 Å². The van der Waals surface area contributed by atoms with Gasteiger partial charge in [0.05, 0.1) is 18.8 Å². The standard InChI is InChI=1S/C19H38O3/c1-2-3-4-5-6-7-8-11-15-22-19-13-10-9-12-18(20)17-21-16-14-19/h18-20H,2-17H2,1H3. The summed E-state index contributed by atoms with van der Waals surface area (Å²) in [6.45, 7) is 4.38. The third-order valence-corrected chi connectivity index (χ3v) is 4.56. The highest BCUT2D eigenvalue weighted by atomic mass is 16.5. The van der Waals surface area contributed by atoms with Crippen molar-refractivity contribution in [3.63, 3.8) is 0 Å². The van der Waals surface area contributed by atoms with Gasteiger partial charge in [-0.2, -0.15) is 0 Å². The van der Waals surface area contributed by atoms with Crippen LogP contribution in [0.15, 0.2) is 0 Å². The van der Waals surface area contributed by atoms with Crippen molar-refractivity contribution in [3.05, 3.63) is 0 Å². The fourth-order valence-corrected chi connectivity index (χ4v) is 3.07. The van der Waals surface area contributed by atoms with E-state index in [1.807, 2.05) is 0 Å². The molecule has 0 amide bonds. The Morgan fingerprint density at radius 1 is 0.909 bits per heavy atom. The first-order chi connectivity index (χ1) is 10.8. The number of rotatable bonds is 10. The summed E-state index contributed by atoms with van der Waals surface area (Å²) in [6, 6.07) is 0. The predicted molar refractivity (Wildman–Crippen MR) is 92.3 cm³/mol. The highest BCUT2D eigenvalue weighted by Crippen LogP contribution is 2.15. The lowest BCUT2D eigenvalue weighted by Crippen LogP contribution is -2.22. The normalized spacial score (nSPS) is 24.3. The molecule has 2 atom stereocenters. The van der Waals surface area contributed by atoms with E-state index in [0.717, 1.165) is 38.9 Å². The Labute approximate surface area is 137 Å². The smallest absolute Gasteiger partial charge is 0.0773 e. The Hall–Kier alpha value is -0.120. The van der Waals surface area contributed by atoms with E-state index in [4.69, 9.17) is 9.47 Å². The molecule has 0 saturated carbocycles. The predicted octanol–water partition coefficient (Wildman–Crippen LogP) is 4.85. The number of ether oxygens (including phenoxy) is 2. The first-order valence-corrected chi connectivity index (χ1v) is 9.70. The highest BCUT2D eigenvalue weighted by molar-refractivity contribution is 4.63. The molecule has 1 N–H and O–H groups in total. The lowest BCUT2D eigenvalue weighted by Gasteiger charge is -2.21. The SMILES string of the molecule is CCCCCCCCCCOC1CCCCC(O)COCC1. The van der Waals surface area contributed by atoms with Gasteiger partial charge in [0.15, 0.2) is 0 Å². The lowest BCUT2D eigenvalue weighted by atomic mass is 10.0. The van der Waals surface area contributed by atoms with E-state index < -0.39 is 0 Å². The minimum absolute atomic E-state index is 0.269. The summed E-state index contributed by atoms with van der Waals surface area (Å²) in [5.74, 6) is 0. The van der Waals surface area contributed by atoms with Crippen LogP contribution in [0, 0.1) is 0 Å². The van der Waals surface area contributed by atoms with Gasteiger partial charge >= 0.3 is 0 Å². The molecule has 132 valence electrons. The van der Waals surface area contributed by atoms with Gasteiger partial charge in [-0.15, -0.1) is 0 Å². The molecule has 0 radical (unpaired) electrons. The fourth-order valence-electron chi connectivity index (χ4n) is 3.07.